The average Bonchev–Trinajstić information content (AvgIpc) is 2.04. The summed E-state index contributed by atoms with van der Waals surface area (Å²) < 4.78 is 0. The standard InChI is InChI=1S/C8H11ClN2.ClH/c9-8-4-3-7(6-11-8)2-1-5-10;/h3-4,6H,1-2,5,10H2;1H. The number of hydrogen-bond acceptors (Lipinski definition) is 2. The molecule has 1 heterocycles. The normalized spacial score (nSPS) is 9.17. The van der Waals surface area contributed by atoms with E-state index in [0.717, 1.165) is 19.4 Å². The minimum atomic E-state index is 0. The molecule has 0 unspecified atom stereocenters. The van der Waals surface area contributed by atoms with Crippen molar-refractivity contribution in [1.82, 2.24) is 4.98 Å². The molecular weight excluding hydrogens is 195 g/mol. The molecule has 68 valence electrons. The summed E-state index contributed by atoms with van der Waals surface area (Å²) in [4.78, 5) is 3.96. The van der Waals surface area contributed by atoms with Crippen LogP contribution in [-0.4, -0.2) is 11.5 Å². The summed E-state index contributed by atoms with van der Waals surface area (Å²) >= 11 is 5.61. The largest absolute Gasteiger partial charge is 0.330 e. The van der Waals surface area contributed by atoms with Crippen molar-refractivity contribution in [1.29, 1.82) is 0 Å². The van der Waals surface area contributed by atoms with Crippen LogP contribution in [0.25, 0.3) is 0 Å². The fourth-order valence-corrected chi connectivity index (χ4v) is 0.972. The molecule has 0 spiro atoms. The lowest BCUT2D eigenvalue weighted by Gasteiger charge is -1.97. The quantitative estimate of drug-likeness (QED) is 0.770. The third-order valence-corrected chi connectivity index (χ3v) is 1.68. The van der Waals surface area contributed by atoms with Crippen LogP contribution in [0.15, 0.2) is 18.3 Å². The Morgan fingerprint density at radius 2 is 2.17 bits per heavy atom. The van der Waals surface area contributed by atoms with Gasteiger partial charge in [-0.15, -0.1) is 12.4 Å². The van der Waals surface area contributed by atoms with Crippen molar-refractivity contribution >= 4 is 24.0 Å². The monoisotopic (exact) mass is 206 g/mol. The zero-order valence-corrected chi connectivity index (χ0v) is 8.24. The lowest BCUT2D eigenvalue weighted by molar-refractivity contribution is 0.829. The van der Waals surface area contributed by atoms with Gasteiger partial charge >= 0.3 is 0 Å². The first-order valence-corrected chi connectivity index (χ1v) is 4.01. The van der Waals surface area contributed by atoms with Crippen LogP contribution in [0.5, 0.6) is 0 Å². The minimum Gasteiger partial charge on any atom is -0.330 e. The third kappa shape index (κ3) is 3.90. The van der Waals surface area contributed by atoms with Gasteiger partial charge in [0, 0.05) is 6.20 Å². The van der Waals surface area contributed by atoms with E-state index >= 15 is 0 Å². The number of nitrogens with two attached hydrogens (primary N) is 1. The number of aryl methyl sites for hydroxylation is 1. The summed E-state index contributed by atoms with van der Waals surface area (Å²) in [6.07, 6.45) is 3.78. The van der Waals surface area contributed by atoms with E-state index in [1.165, 1.54) is 5.56 Å². The number of hydrogen-bond donors (Lipinski definition) is 1. The second-order valence-electron chi connectivity index (χ2n) is 2.38. The Morgan fingerprint density at radius 3 is 2.67 bits per heavy atom. The summed E-state index contributed by atoms with van der Waals surface area (Å²) in [5, 5.41) is 0.543. The fraction of sp³-hybridized carbons (Fsp3) is 0.375. The van der Waals surface area contributed by atoms with Crippen molar-refractivity contribution in [2.75, 3.05) is 6.54 Å². The third-order valence-electron chi connectivity index (χ3n) is 1.46. The lowest BCUT2D eigenvalue weighted by atomic mass is 10.2. The van der Waals surface area contributed by atoms with Gasteiger partial charge in [-0.1, -0.05) is 17.7 Å². The van der Waals surface area contributed by atoms with Gasteiger partial charge in [0.2, 0.25) is 0 Å². The summed E-state index contributed by atoms with van der Waals surface area (Å²) in [6.45, 7) is 0.725. The molecule has 2 nitrogen and oxygen atoms in total. The number of nitrogens with zero attached hydrogens (tertiary/aromatic N) is 1. The van der Waals surface area contributed by atoms with Crippen LogP contribution in [0.4, 0.5) is 0 Å². The Balaban J connectivity index is 0.00000121. The molecule has 0 saturated carbocycles. The molecule has 1 aromatic rings. The van der Waals surface area contributed by atoms with Gasteiger partial charge in [-0.2, -0.15) is 0 Å². The van der Waals surface area contributed by atoms with Crippen LogP contribution >= 0.6 is 24.0 Å². The molecule has 0 atom stereocenters. The van der Waals surface area contributed by atoms with Crippen molar-refractivity contribution in [3.05, 3.63) is 29.0 Å². The van der Waals surface area contributed by atoms with Gasteiger partial charge in [-0.3, -0.25) is 0 Å². The van der Waals surface area contributed by atoms with Gasteiger partial charge in [-0.25, -0.2) is 4.98 Å². The van der Waals surface area contributed by atoms with E-state index in [-0.39, 0.29) is 12.4 Å². The number of aromatic nitrogens is 1. The van der Waals surface area contributed by atoms with Crippen LogP contribution in [0, 0.1) is 0 Å². The highest BCUT2D eigenvalue weighted by atomic mass is 35.5. The van der Waals surface area contributed by atoms with Crippen LogP contribution in [0.1, 0.15) is 12.0 Å². The first-order chi connectivity index (χ1) is 5.33. The zero-order chi connectivity index (χ0) is 8.10. The molecule has 12 heavy (non-hydrogen) atoms. The smallest absolute Gasteiger partial charge is 0.129 e. The SMILES string of the molecule is Cl.NCCCc1ccc(Cl)nc1. The number of rotatable bonds is 3. The van der Waals surface area contributed by atoms with Crippen molar-refractivity contribution in [3.8, 4) is 0 Å². The average molecular weight is 207 g/mol. The molecule has 0 radical (unpaired) electrons. The molecule has 0 saturated heterocycles. The lowest BCUT2D eigenvalue weighted by Crippen LogP contribution is -2.00. The van der Waals surface area contributed by atoms with Gasteiger partial charge in [0.1, 0.15) is 5.15 Å². The van der Waals surface area contributed by atoms with Gasteiger partial charge in [0.15, 0.2) is 0 Å². The number of halogens is 2. The minimum absolute atomic E-state index is 0. The second kappa shape index (κ2) is 6.23. The highest BCUT2D eigenvalue weighted by Gasteiger charge is 1.92. The predicted molar refractivity (Wildman–Crippen MR) is 53.9 cm³/mol. The molecule has 0 aromatic carbocycles. The molecule has 2 N–H and O–H groups in total. The van der Waals surface area contributed by atoms with Gasteiger partial charge in [0.05, 0.1) is 0 Å². The van der Waals surface area contributed by atoms with Crippen molar-refractivity contribution in [3.63, 3.8) is 0 Å². The Bertz CT molecular complexity index is 211. The van der Waals surface area contributed by atoms with E-state index in [2.05, 4.69) is 4.98 Å². The van der Waals surface area contributed by atoms with E-state index in [1.807, 2.05) is 6.07 Å². The second-order valence-corrected chi connectivity index (χ2v) is 2.77. The molecule has 1 rings (SSSR count). The van der Waals surface area contributed by atoms with Gasteiger partial charge in [0.25, 0.3) is 0 Å². The first kappa shape index (κ1) is 11.7. The van der Waals surface area contributed by atoms with E-state index < -0.39 is 0 Å². The Kier molecular flexibility index (Phi) is 6.07. The maximum atomic E-state index is 5.61. The first-order valence-electron chi connectivity index (χ1n) is 3.63. The predicted octanol–water partition coefficient (Wildman–Crippen LogP) is 2.05. The summed E-state index contributed by atoms with van der Waals surface area (Å²) in [5.41, 5.74) is 6.55. The van der Waals surface area contributed by atoms with Crippen LogP contribution in [-0.2, 0) is 6.42 Å². The van der Waals surface area contributed by atoms with Crippen molar-refractivity contribution < 1.29 is 0 Å². The summed E-state index contributed by atoms with van der Waals surface area (Å²) in [7, 11) is 0. The van der Waals surface area contributed by atoms with E-state index in [9.17, 15) is 0 Å². The molecule has 0 bridgehead atoms. The molecular formula is C8H12Cl2N2. The summed E-state index contributed by atoms with van der Waals surface area (Å²) in [5.74, 6) is 0. The van der Waals surface area contributed by atoms with Crippen molar-refractivity contribution in [2.45, 2.75) is 12.8 Å². The maximum Gasteiger partial charge on any atom is 0.129 e. The Labute approximate surface area is 83.5 Å². The fourth-order valence-electron chi connectivity index (χ4n) is 0.861. The molecule has 1 aromatic heterocycles. The molecule has 4 heteroatoms. The van der Waals surface area contributed by atoms with Crippen LogP contribution in [0.2, 0.25) is 5.15 Å². The number of pyridine rings is 1. The van der Waals surface area contributed by atoms with Crippen LogP contribution < -0.4 is 5.73 Å². The molecule has 0 aliphatic heterocycles. The molecule has 0 aliphatic rings. The molecule has 0 amide bonds. The summed E-state index contributed by atoms with van der Waals surface area (Å²) in [6, 6.07) is 3.78. The topological polar surface area (TPSA) is 38.9 Å². The molecule has 0 aliphatic carbocycles. The zero-order valence-electron chi connectivity index (χ0n) is 6.66. The van der Waals surface area contributed by atoms with E-state index in [4.69, 9.17) is 17.3 Å². The van der Waals surface area contributed by atoms with Gasteiger partial charge < -0.3 is 5.73 Å². The van der Waals surface area contributed by atoms with E-state index in [0.29, 0.717) is 5.15 Å². The highest BCUT2D eigenvalue weighted by molar-refractivity contribution is 6.29. The molecule has 0 fully saturated rings. The van der Waals surface area contributed by atoms with Crippen molar-refractivity contribution in [2.24, 2.45) is 5.73 Å². The Hall–Kier alpha value is -0.310. The maximum absolute atomic E-state index is 5.61. The van der Waals surface area contributed by atoms with E-state index in [1.54, 1.807) is 12.3 Å². The van der Waals surface area contributed by atoms with Crippen LogP contribution in [0.3, 0.4) is 0 Å². The highest BCUT2D eigenvalue weighted by Crippen LogP contribution is 2.06. The Morgan fingerprint density at radius 1 is 1.42 bits per heavy atom. The van der Waals surface area contributed by atoms with Gasteiger partial charge in [-0.05, 0) is 31.0 Å².